The summed E-state index contributed by atoms with van der Waals surface area (Å²) < 4.78 is 25.7. The number of hydrogen-bond donors (Lipinski definition) is 0. The second kappa shape index (κ2) is 7.58. The molecule has 2 heterocycles. The van der Waals surface area contributed by atoms with Crippen molar-refractivity contribution in [2.75, 3.05) is 0 Å². The molecule has 2 aromatic heterocycles. The number of aryl methyl sites for hydroxylation is 2. The van der Waals surface area contributed by atoms with Crippen LogP contribution in [0.3, 0.4) is 0 Å². The summed E-state index contributed by atoms with van der Waals surface area (Å²) >= 11 is 5.91. The van der Waals surface area contributed by atoms with Crippen molar-refractivity contribution in [2.45, 2.75) is 13.5 Å². The van der Waals surface area contributed by atoms with E-state index in [9.17, 15) is 9.18 Å². The number of ether oxygens (including phenoxy) is 1. The van der Waals surface area contributed by atoms with Crippen LogP contribution in [0, 0.1) is 12.7 Å². The summed E-state index contributed by atoms with van der Waals surface area (Å²) in [4.78, 5) is 12.2. The number of carbonyl (C=O) groups is 1. The minimum absolute atomic E-state index is 0.134. The van der Waals surface area contributed by atoms with E-state index in [2.05, 4.69) is 5.10 Å². The molecule has 7 heteroatoms. The number of halogens is 2. The lowest BCUT2D eigenvalue weighted by molar-refractivity contribution is 0.104. The number of aromatic nitrogens is 2. The minimum Gasteiger partial charge on any atom is -0.484 e. The van der Waals surface area contributed by atoms with Gasteiger partial charge in [0.05, 0.1) is 16.3 Å². The molecule has 0 unspecified atom stereocenters. The molecule has 0 aliphatic heterocycles. The molecule has 0 amide bonds. The number of furan rings is 1. The Labute approximate surface area is 154 Å². The molecule has 0 aliphatic carbocycles. The quantitative estimate of drug-likeness (QED) is 0.467. The molecule has 0 spiro atoms. The number of allylic oxidation sites excluding steroid dienone is 1. The van der Waals surface area contributed by atoms with Gasteiger partial charge < -0.3 is 9.15 Å². The molecular weight excluding hydrogens is 359 g/mol. The van der Waals surface area contributed by atoms with E-state index in [0.717, 1.165) is 0 Å². The van der Waals surface area contributed by atoms with E-state index in [1.165, 1.54) is 24.3 Å². The van der Waals surface area contributed by atoms with E-state index in [0.29, 0.717) is 28.5 Å². The van der Waals surface area contributed by atoms with Crippen LogP contribution in [0.2, 0.25) is 5.02 Å². The van der Waals surface area contributed by atoms with Crippen LogP contribution in [0.4, 0.5) is 4.39 Å². The first-order valence-electron chi connectivity index (χ1n) is 7.81. The first kappa shape index (κ1) is 17.9. The van der Waals surface area contributed by atoms with Crippen molar-refractivity contribution in [3.05, 3.63) is 76.2 Å². The Morgan fingerprint density at radius 1 is 1.38 bits per heavy atom. The highest BCUT2D eigenvalue weighted by molar-refractivity contribution is 6.32. The molecule has 0 aliphatic rings. The summed E-state index contributed by atoms with van der Waals surface area (Å²) in [5.41, 5.74) is 1.22. The molecule has 0 fully saturated rings. The highest BCUT2D eigenvalue weighted by atomic mass is 35.5. The molecular formula is C19H16ClFN2O3. The summed E-state index contributed by atoms with van der Waals surface area (Å²) in [6.07, 6.45) is 4.70. The molecule has 0 saturated carbocycles. The summed E-state index contributed by atoms with van der Waals surface area (Å²) in [5.74, 6) is 0.853. The van der Waals surface area contributed by atoms with Crippen LogP contribution >= 0.6 is 11.6 Å². The second-order valence-corrected chi connectivity index (χ2v) is 6.07. The molecule has 1 aromatic carbocycles. The molecule has 0 bridgehead atoms. The van der Waals surface area contributed by atoms with E-state index in [1.807, 2.05) is 0 Å². The van der Waals surface area contributed by atoms with Gasteiger partial charge in [-0.2, -0.15) is 5.10 Å². The number of hydrogen-bond acceptors (Lipinski definition) is 4. The van der Waals surface area contributed by atoms with E-state index in [1.54, 1.807) is 43.1 Å². The minimum atomic E-state index is -0.429. The number of nitrogens with zero attached hydrogens (tertiary/aromatic N) is 2. The van der Waals surface area contributed by atoms with Gasteiger partial charge >= 0.3 is 0 Å². The van der Waals surface area contributed by atoms with Gasteiger partial charge in [0.15, 0.2) is 5.78 Å². The van der Waals surface area contributed by atoms with E-state index >= 15 is 0 Å². The Hall–Kier alpha value is -2.86. The number of benzene rings is 1. The summed E-state index contributed by atoms with van der Waals surface area (Å²) in [6.45, 7) is 1.92. The van der Waals surface area contributed by atoms with Crippen molar-refractivity contribution >= 4 is 23.5 Å². The van der Waals surface area contributed by atoms with Crippen LogP contribution in [0.1, 0.15) is 27.6 Å². The molecule has 0 radical (unpaired) electrons. The van der Waals surface area contributed by atoms with Gasteiger partial charge in [-0.15, -0.1) is 0 Å². The molecule has 5 nitrogen and oxygen atoms in total. The zero-order valence-corrected chi connectivity index (χ0v) is 15.0. The molecule has 0 saturated heterocycles. The first-order chi connectivity index (χ1) is 12.4. The smallest absolute Gasteiger partial charge is 0.189 e. The third-order valence-corrected chi connectivity index (χ3v) is 3.92. The monoisotopic (exact) mass is 374 g/mol. The normalized spacial score (nSPS) is 11.2. The van der Waals surface area contributed by atoms with Crippen LogP contribution in [0.25, 0.3) is 6.08 Å². The Balaban J connectivity index is 1.62. The fourth-order valence-electron chi connectivity index (χ4n) is 2.39. The second-order valence-electron chi connectivity index (χ2n) is 5.67. The summed E-state index contributed by atoms with van der Waals surface area (Å²) in [7, 11) is 1.76. The third kappa shape index (κ3) is 4.21. The van der Waals surface area contributed by atoms with E-state index < -0.39 is 5.82 Å². The molecule has 3 rings (SSSR count). The molecule has 134 valence electrons. The van der Waals surface area contributed by atoms with Crippen LogP contribution in [-0.2, 0) is 13.7 Å². The molecule has 0 atom stereocenters. The number of carbonyl (C=O) groups excluding carboxylic acids is 1. The molecule has 0 N–H and O–H groups in total. The lowest BCUT2D eigenvalue weighted by atomic mass is 10.1. The maximum atomic E-state index is 13.0. The Kier molecular flexibility index (Phi) is 5.23. The van der Waals surface area contributed by atoms with Gasteiger partial charge in [-0.05, 0) is 49.4 Å². The molecule has 26 heavy (non-hydrogen) atoms. The van der Waals surface area contributed by atoms with Gasteiger partial charge in [0, 0.05) is 13.2 Å². The van der Waals surface area contributed by atoms with Gasteiger partial charge in [0.2, 0.25) is 0 Å². The first-order valence-corrected chi connectivity index (χ1v) is 8.19. The maximum Gasteiger partial charge on any atom is 0.189 e. The fourth-order valence-corrected chi connectivity index (χ4v) is 2.61. The Morgan fingerprint density at radius 3 is 2.88 bits per heavy atom. The zero-order valence-electron chi connectivity index (χ0n) is 14.2. The zero-order chi connectivity index (χ0) is 18.7. The van der Waals surface area contributed by atoms with Gasteiger partial charge in [-0.1, -0.05) is 11.6 Å². The van der Waals surface area contributed by atoms with Crippen molar-refractivity contribution in [3.63, 3.8) is 0 Å². The standard InChI is InChI=1S/C19H16ClFN2O3/c1-12-16(10-23(2)22-12)18(24)7-6-14-4-5-15(26-14)11-25-19-8-3-13(21)9-17(19)20/h3-10H,11H2,1-2H3/b7-6-. The van der Waals surface area contributed by atoms with Crippen LogP contribution in [0.5, 0.6) is 5.75 Å². The molecule has 3 aromatic rings. The average molecular weight is 375 g/mol. The van der Waals surface area contributed by atoms with Crippen molar-refractivity contribution in [2.24, 2.45) is 7.05 Å². The predicted octanol–water partition coefficient (Wildman–Crippen LogP) is 4.59. The SMILES string of the molecule is Cc1nn(C)cc1C(=O)/C=C\c1ccc(COc2ccc(F)cc2Cl)o1. The Morgan fingerprint density at radius 2 is 2.19 bits per heavy atom. The number of rotatable bonds is 6. The third-order valence-electron chi connectivity index (χ3n) is 3.62. The Bertz CT molecular complexity index is 975. The van der Waals surface area contributed by atoms with Crippen LogP contribution < -0.4 is 4.74 Å². The maximum absolute atomic E-state index is 13.0. The topological polar surface area (TPSA) is 57.3 Å². The van der Waals surface area contributed by atoms with Gasteiger partial charge in [-0.25, -0.2) is 4.39 Å². The highest BCUT2D eigenvalue weighted by Gasteiger charge is 2.10. The van der Waals surface area contributed by atoms with Crippen LogP contribution in [0.15, 0.2) is 47.0 Å². The van der Waals surface area contributed by atoms with Crippen molar-refractivity contribution in [3.8, 4) is 5.75 Å². The largest absolute Gasteiger partial charge is 0.484 e. The van der Waals surface area contributed by atoms with Crippen molar-refractivity contribution < 1.29 is 18.3 Å². The average Bonchev–Trinajstić information content (AvgIpc) is 3.18. The highest BCUT2D eigenvalue weighted by Crippen LogP contribution is 2.26. The lowest BCUT2D eigenvalue weighted by Crippen LogP contribution is -1.95. The predicted molar refractivity (Wildman–Crippen MR) is 95.8 cm³/mol. The van der Waals surface area contributed by atoms with Crippen LogP contribution in [-0.4, -0.2) is 15.6 Å². The lowest BCUT2D eigenvalue weighted by Gasteiger charge is -2.05. The van der Waals surface area contributed by atoms with Gasteiger partial charge in [0.1, 0.15) is 29.7 Å². The summed E-state index contributed by atoms with van der Waals surface area (Å²) in [6, 6.07) is 7.36. The van der Waals surface area contributed by atoms with Gasteiger partial charge in [-0.3, -0.25) is 9.48 Å². The van der Waals surface area contributed by atoms with Gasteiger partial charge in [0.25, 0.3) is 0 Å². The fraction of sp³-hybridized carbons (Fsp3) is 0.158. The van der Waals surface area contributed by atoms with E-state index in [4.69, 9.17) is 20.8 Å². The van der Waals surface area contributed by atoms with Crippen molar-refractivity contribution in [1.29, 1.82) is 0 Å². The van der Waals surface area contributed by atoms with E-state index in [-0.39, 0.29) is 17.4 Å². The number of ketones is 1. The van der Waals surface area contributed by atoms with Crippen molar-refractivity contribution in [1.82, 2.24) is 9.78 Å². The summed E-state index contributed by atoms with van der Waals surface area (Å²) in [5, 5.41) is 4.33.